The Balaban J connectivity index is 1.88. The highest BCUT2D eigenvalue weighted by atomic mass is 79.9. The average molecular weight is 300 g/mol. The molecule has 0 unspecified atom stereocenters. The van der Waals surface area contributed by atoms with Crippen molar-refractivity contribution in [2.75, 3.05) is 19.0 Å². The van der Waals surface area contributed by atoms with E-state index in [4.69, 9.17) is 9.47 Å². The van der Waals surface area contributed by atoms with Crippen molar-refractivity contribution < 1.29 is 9.47 Å². The van der Waals surface area contributed by atoms with Crippen LogP contribution in [0.3, 0.4) is 0 Å². The van der Waals surface area contributed by atoms with Crippen LogP contribution in [0.2, 0.25) is 0 Å². The molecule has 0 radical (unpaired) electrons. The van der Waals surface area contributed by atoms with Crippen molar-refractivity contribution in [3.63, 3.8) is 0 Å². The Morgan fingerprint density at radius 1 is 1.41 bits per heavy atom. The van der Waals surface area contributed by atoms with Gasteiger partial charge < -0.3 is 14.8 Å². The molecule has 1 aliphatic rings. The van der Waals surface area contributed by atoms with Gasteiger partial charge in [0.25, 0.3) is 0 Å². The third-order valence-corrected chi connectivity index (χ3v) is 3.67. The fraction of sp³-hybridized carbons (Fsp3) is 0.538. The molecule has 0 aromatic heterocycles. The molecular formula is C13H18BrNO2. The van der Waals surface area contributed by atoms with Crippen molar-refractivity contribution in [2.45, 2.75) is 31.9 Å². The van der Waals surface area contributed by atoms with Gasteiger partial charge in [0.15, 0.2) is 0 Å². The molecule has 0 aliphatic heterocycles. The average Bonchev–Trinajstić information content (AvgIpc) is 2.28. The smallest absolute Gasteiger partial charge is 0.135 e. The molecule has 0 saturated heterocycles. The molecule has 3 nitrogen and oxygen atoms in total. The van der Waals surface area contributed by atoms with E-state index in [0.29, 0.717) is 12.1 Å². The Morgan fingerprint density at radius 2 is 2.18 bits per heavy atom. The quantitative estimate of drug-likeness (QED) is 0.903. The number of hydrogen-bond acceptors (Lipinski definition) is 3. The van der Waals surface area contributed by atoms with Gasteiger partial charge in [-0.3, -0.25) is 0 Å². The summed E-state index contributed by atoms with van der Waals surface area (Å²) in [5.41, 5.74) is 1.10. The van der Waals surface area contributed by atoms with E-state index in [-0.39, 0.29) is 0 Å². The third-order valence-electron chi connectivity index (χ3n) is 3.02. The van der Waals surface area contributed by atoms with E-state index in [1.165, 1.54) is 0 Å². The third kappa shape index (κ3) is 3.13. The zero-order valence-electron chi connectivity index (χ0n) is 10.2. The standard InChI is InChI=1S/C13H18BrNO2/c1-3-17-11-6-10(7-11)15-9-4-5-12(14)13(8-9)16-2/h4-5,8,10-11,15H,3,6-7H2,1-2H3. The predicted molar refractivity (Wildman–Crippen MR) is 72.8 cm³/mol. The Morgan fingerprint density at radius 3 is 2.82 bits per heavy atom. The molecule has 0 spiro atoms. The Labute approximate surface area is 111 Å². The van der Waals surface area contributed by atoms with E-state index < -0.39 is 0 Å². The first kappa shape index (κ1) is 12.7. The molecule has 1 fully saturated rings. The van der Waals surface area contributed by atoms with Gasteiger partial charge in [0, 0.05) is 24.4 Å². The van der Waals surface area contributed by atoms with E-state index in [1.807, 2.05) is 19.1 Å². The highest BCUT2D eigenvalue weighted by Gasteiger charge is 2.29. The van der Waals surface area contributed by atoms with Crippen molar-refractivity contribution in [1.82, 2.24) is 0 Å². The van der Waals surface area contributed by atoms with E-state index in [1.54, 1.807) is 7.11 Å². The molecule has 1 aromatic rings. The molecule has 4 heteroatoms. The number of rotatable bonds is 5. The van der Waals surface area contributed by atoms with Gasteiger partial charge in [-0.15, -0.1) is 0 Å². The van der Waals surface area contributed by atoms with Crippen LogP contribution >= 0.6 is 15.9 Å². The van der Waals surface area contributed by atoms with Crippen molar-refractivity contribution in [2.24, 2.45) is 0 Å². The minimum Gasteiger partial charge on any atom is -0.495 e. The van der Waals surface area contributed by atoms with Crippen LogP contribution in [-0.4, -0.2) is 25.9 Å². The summed E-state index contributed by atoms with van der Waals surface area (Å²) in [6.07, 6.45) is 2.62. The van der Waals surface area contributed by atoms with Crippen LogP contribution in [0.15, 0.2) is 22.7 Å². The van der Waals surface area contributed by atoms with Gasteiger partial charge in [-0.25, -0.2) is 0 Å². The van der Waals surface area contributed by atoms with Gasteiger partial charge in [-0.1, -0.05) is 0 Å². The van der Waals surface area contributed by atoms with Gasteiger partial charge in [-0.2, -0.15) is 0 Å². The van der Waals surface area contributed by atoms with E-state index >= 15 is 0 Å². The number of anilines is 1. The highest BCUT2D eigenvalue weighted by Crippen LogP contribution is 2.31. The van der Waals surface area contributed by atoms with E-state index in [2.05, 4.69) is 27.3 Å². The van der Waals surface area contributed by atoms with Crippen LogP contribution in [0, 0.1) is 0 Å². The monoisotopic (exact) mass is 299 g/mol. The van der Waals surface area contributed by atoms with Crippen LogP contribution in [0.1, 0.15) is 19.8 Å². The largest absolute Gasteiger partial charge is 0.495 e. The molecule has 1 saturated carbocycles. The Kier molecular flexibility index (Phi) is 4.29. The molecule has 0 amide bonds. The summed E-state index contributed by atoms with van der Waals surface area (Å²) in [5.74, 6) is 0.857. The van der Waals surface area contributed by atoms with Gasteiger partial charge in [0.1, 0.15) is 5.75 Å². The van der Waals surface area contributed by atoms with E-state index in [9.17, 15) is 0 Å². The normalized spacial score (nSPS) is 23.0. The molecule has 17 heavy (non-hydrogen) atoms. The summed E-state index contributed by atoms with van der Waals surface area (Å²) in [6.45, 7) is 2.85. The summed E-state index contributed by atoms with van der Waals surface area (Å²) in [4.78, 5) is 0. The van der Waals surface area contributed by atoms with Gasteiger partial charge >= 0.3 is 0 Å². The molecule has 0 heterocycles. The van der Waals surface area contributed by atoms with Crippen molar-refractivity contribution in [1.29, 1.82) is 0 Å². The van der Waals surface area contributed by atoms with Crippen LogP contribution in [0.4, 0.5) is 5.69 Å². The van der Waals surface area contributed by atoms with Crippen LogP contribution in [0.5, 0.6) is 5.75 Å². The minimum absolute atomic E-state index is 0.440. The molecule has 1 N–H and O–H groups in total. The number of halogens is 1. The maximum Gasteiger partial charge on any atom is 0.135 e. The zero-order valence-corrected chi connectivity index (χ0v) is 11.8. The summed E-state index contributed by atoms with van der Waals surface area (Å²) >= 11 is 3.45. The first-order valence-electron chi connectivity index (χ1n) is 5.94. The molecular weight excluding hydrogens is 282 g/mol. The van der Waals surface area contributed by atoms with Crippen LogP contribution in [0.25, 0.3) is 0 Å². The number of methoxy groups -OCH3 is 1. The number of nitrogens with one attached hydrogen (secondary N) is 1. The fourth-order valence-corrected chi connectivity index (χ4v) is 2.45. The molecule has 0 atom stereocenters. The van der Waals surface area contributed by atoms with Crippen molar-refractivity contribution >= 4 is 21.6 Å². The maximum absolute atomic E-state index is 5.54. The topological polar surface area (TPSA) is 30.5 Å². The number of ether oxygens (including phenoxy) is 2. The zero-order chi connectivity index (χ0) is 12.3. The summed E-state index contributed by atoms with van der Waals surface area (Å²) in [6, 6.07) is 6.59. The number of benzene rings is 1. The Hall–Kier alpha value is -0.740. The fourth-order valence-electron chi connectivity index (χ4n) is 2.04. The molecule has 94 valence electrons. The second kappa shape index (κ2) is 5.74. The van der Waals surface area contributed by atoms with Gasteiger partial charge in [0.2, 0.25) is 0 Å². The lowest BCUT2D eigenvalue weighted by atomic mass is 9.89. The molecule has 1 aromatic carbocycles. The summed E-state index contributed by atoms with van der Waals surface area (Å²) < 4.78 is 11.8. The second-order valence-corrected chi connectivity index (χ2v) is 5.09. The highest BCUT2D eigenvalue weighted by molar-refractivity contribution is 9.10. The van der Waals surface area contributed by atoms with Crippen molar-refractivity contribution in [3.05, 3.63) is 22.7 Å². The van der Waals surface area contributed by atoms with Crippen LogP contribution < -0.4 is 10.1 Å². The second-order valence-electron chi connectivity index (χ2n) is 4.24. The lowest BCUT2D eigenvalue weighted by Crippen LogP contribution is -2.40. The van der Waals surface area contributed by atoms with Crippen LogP contribution in [-0.2, 0) is 4.74 Å². The summed E-state index contributed by atoms with van der Waals surface area (Å²) in [5, 5.41) is 3.49. The summed E-state index contributed by atoms with van der Waals surface area (Å²) in [7, 11) is 1.68. The molecule has 1 aliphatic carbocycles. The van der Waals surface area contributed by atoms with Gasteiger partial charge in [0.05, 0.1) is 17.7 Å². The first-order chi connectivity index (χ1) is 8.22. The first-order valence-corrected chi connectivity index (χ1v) is 6.74. The lowest BCUT2D eigenvalue weighted by molar-refractivity contribution is 0.00299. The SMILES string of the molecule is CCOC1CC(Nc2ccc(Br)c(OC)c2)C1. The maximum atomic E-state index is 5.54. The predicted octanol–water partition coefficient (Wildman–Crippen LogP) is 3.44. The van der Waals surface area contributed by atoms with E-state index in [0.717, 1.165) is 35.4 Å². The Bertz CT molecular complexity index is 378. The van der Waals surface area contributed by atoms with Gasteiger partial charge in [-0.05, 0) is 47.8 Å². The number of hydrogen-bond donors (Lipinski definition) is 1. The van der Waals surface area contributed by atoms with Crippen molar-refractivity contribution in [3.8, 4) is 5.75 Å². The lowest BCUT2D eigenvalue weighted by Gasteiger charge is -2.36. The molecule has 2 rings (SSSR count). The minimum atomic E-state index is 0.440. The molecule has 0 bridgehead atoms.